The summed E-state index contributed by atoms with van der Waals surface area (Å²) in [6.07, 6.45) is 0.233. The highest BCUT2D eigenvalue weighted by Crippen LogP contribution is 2.43. The van der Waals surface area contributed by atoms with E-state index in [1.807, 2.05) is 0 Å². The van der Waals surface area contributed by atoms with Crippen molar-refractivity contribution in [2.75, 3.05) is 11.5 Å². The Morgan fingerprint density at radius 1 is 1.18 bits per heavy atom. The van der Waals surface area contributed by atoms with E-state index in [4.69, 9.17) is 0 Å². The van der Waals surface area contributed by atoms with Crippen molar-refractivity contribution >= 4 is 32.9 Å². The van der Waals surface area contributed by atoms with Gasteiger partial charge in [0.15, 0.2) is 15.6 Å². The summed E-state index contributed by atoms with van der Waals surface area (Å²) in [6.45, 7) is 0. The molecule has 2 aromatic rings. The molecule has 3 heterocycles. The third-order valence-corrected chi connectivity index (χ3v) is 7.64. The molecule has 1 amide bonds. The second-order valence-electron chi connectivity index (χ2n) is 6.84. The van der Waals surface area contributed by atoms with Gasteiger partial charge in [0.2, 0.25) is 5.78 Å². The molecular weight excluding hydrogens is 402 g/mol. The Morgan fingerprint density at radius 2 is 1.96 bits per heavy atom. The number of carbonyl (C=O) groups is 2. The third-order valence-electron chi connectivity index (χ3n) is 5.02. The second kappa shape index (κ2) is 6.75. The first-order valence-electron chi connectivity index (χ1n) is 8.62. The molecule has 1 aromatic heterocycles. The molecule has 2 atom stereocenters. The highest BCUT2D eigenvalue weighted by Gasteiger charge is 2.49. The summed E-state index contributed by atoms with van der Waals surface area (Å²) < 4.78 is 23.9. The standard InChI is InChI=1S/C19H17NO6S2/c21-13-4-1-3-11(9-13)16-15(17(22)14-5-2-7-27-14)18(23)19(24)20(16)12-6-8-28(25,26)10-12/h1-5,7,9,12,16,21,23H,6,8,10H2. The number of rotatable bonds is 4. The summed E-state index contributed by atoms with van der Waals surface area (Å²) in [5.74, 6) is -2.26. The van der Waals surface area contributed by atoms with Gasteiger partial charge in [0.1, 0.15) is 5.75 Å². The van der Waals surface area contributed by atoms with Crippen LogP contribution in [0.5, 0.6) is 5.75 Å². The zero-order valence-corrected chi connectivity index (χ0v) is 16.2. The molecule has 2 aliphatic heterocycles. The molecule has 9 heteroatoms. The molecule has 0 radical (unpaired) electrons. The van der Waals surface area contributed by atoms with E-state index in [1.54, 1.807) is 29.6 Å². The SMILES string of the molecule is O=C(C1=C(O)C(=O)N(C2CCS(=O)(=O)C2)C1c1cccc(O)c1)c1cccs1. The lowest BCUT2D eigenvalue weighted by Crippen LogP contribution is -2.41. The minimum absolute atomic E-state index is 0.0524. The van der Waals surface area contributed by atoms with Crippen LogP contribution < -0.4 is 0 Å². The predicted molar refractivity (Wildman–Crippen MR) is 103 cm³/mol. The maximum atomic E-state index is 13.1. The first kappa shape index (κ1) is 18.7. The van der Waals surface area contributed by atoms with Crippen LogP contribution in [0.4, 0.5) is 0 Å². The highest BCUT2D eigenvalue weighted by atomic mass is 32.2. The molecule has 0 saturated carbocycles. The number of thiophene rings is 1. The number of sulfone groups is 1. The summed E-state index contributed by atoms with van der Waals surface area (Å²) in [5, 5.41) is 22.2. The van der Waals surface area contributed by atoms with Gasteiger partial charge < -0.3 is 15.1 Å². The molecule has 1 fully saturated rings. The Labute approximate surface area is 165 Å². The Balaban J connectivity index is 1.84. The van der Waals surface area contributed by atoms with Crippen molar-refractivity contribution in [1.29, 1.82) is 0 Å². The quantitative estimate of drug-likeness (QED) is 0.735. The fourth-order valence-electron chi connectivity index (χ4n) is 3.79. The highest BCUT2D eigenvalue weighted by molar-refractivity contribution is 7.91. The van der Waals surface area contributed by atoms with Crippen molar-refractivity contribution in [2.45, 2.75) is 18.5 Å². The van der Waals surface area contributed by atoms with Crippen molar-refractivity contribution in [3.63, 3.8) is 0 Å². The Kier molecular flexibility index (Phi) is 4.51. The zero-order chi connectivity index (χ0) is 20.1. The maximum Gasteiger partial charge on any atom is 0.290 e. The lowest BCUT2D eigenvalue weighted by molar-refractivity contribution is -0.131. The van der Waals surface area contributed by atoms with E-state index in [9.17, 15) is 28.2 Å². The van der Waals surface area contributed by atoms with Crippen LogP contribution in [0, 0.1) is 0 Å². The molecule has 1 saturated heterocycles. The van der Waals surface area contributed by atoms with Gasteiger partial charge in [0.05, 0.1) is 28.0 Å². The summed E-state index contributed by atoms with van der Waals surface area (Å²) in [5.41, 5.74) is 0.337. The second-order valence-corrected chi connectivity index (χ2v) is 10.0. The van der Waals surface area contributed by atoms with Crippen LogP contribution in [0.1, 0.15) is 27.7 Å². The maximum absolute atomic E-state index is 13.1. The van der Waals surface area contributed by atoms with Crippen LogP contribution in [-0.4, -0.2) is 52.8 Å². The van der Waals surface area contributed by atoms with Gasteiger partial charge in [-0.05, 0) is 35.6 Å². The van der Waals surface area contributed by atoms with Crippen molar-refractivity contribution in [3.05, 3.63) is 63.6 Å². The van der Waals surface area contributed by atoms with Crippen LogP contribution in [0.25, 0.3) is 0 Å². The van der Waals surface area contributed by atoms with Gasteiger partial charge in [0.25, 0.3) is 5.91 Å². The molecule has 146 valence electrons. The van der Waals surface area contributed by atoms with Crippen LogP contribution >= 0.6 is 11.3 Å². The molecule has 28 heavy (non-hydrogen) atoms. The van der Waals surface area contributed by atoms with E-state index >= 15 is 0 Å². The number of Topliss-reactive ketones (excluding diaryl/α,β-unsaturated/α-hetero) is 1. The van der Waals surface area contributed by atoms with E-state index in [-0.39, 0.29) is 29.2 Å². The fraction of sp³-hybridized carbons (Fsp3) is 0.263. The van der Waals surface area contributed by atoms with Crippen LogP contribution in [0.3, 0.4) is 0 Å². The number of phenols is 1. The Hall–Kier alpha value is -2.65. The van der Waals surface area contributed by atoms with E-state index in [0.29, 0.717) is 10.4 Å². The number of hydrogen-bond acceptors (Lipinski definition) is 7. The van der Waals surface area contributed by atoms with Crippen LogP contribution in [-0.2, 0) is 14.6 Å². The largest absolute Gasteiger partial charge is 0.508 e. The number of carbonyl (C=O) groups excluding carboxylic acids is 2. The van der Waals surface area contributed by atoms with Crippen molar-refractivity contribution in [2.24, 2.45) is 0 Å². The molecule has 0 spiro atoms. The Bertz CT molecular complexity index is 1090. The predicted octanol–water partition coefficient (Wildman–Crippen LogP) is 2.22. The fourth-order valence-corrected chi connectivity index (χ4v) is 6.18. The minimum Gasteiger partial charge on any atom is -0.508 e. The lowest BCUT2D eigenvalue weighted by atomic mass is 9.94. The van der Waals surface area contributed by atoms with Crippen LogP contribution in [0.15, 0.2) is 53.1 Å². The lowest BCUT2D eigenvalue weighted by Gasteiger charge is -2.31. The number of aromatic hydroxyl groups is 1. The summed E-state index contributed by atoms with van der Waals surface area (Å²) in [6, 6.07) is 7.74. The van der Waals surface area contributed by atoms with E-state index in [0.717, 1.165) is 0 Å². The molecule has 0 bridgehead atoms. The molecule has 4 rings (SSSR count). The molecule has 0 aliphatic carbocycles. The van der Waals surface area contributed by atoms with Crippen molar-refractivity contribution < 1.29 is 28.2 Å². The number of nitrogens with zero attached hydrogens (tertiary/aromatic N) is 1. The summed E-state index contributed by atoms with van der Waals surface area (Å²) in [4.78, 5) is 27.6. The number of phenolic OH excluding ortho intramolecular Hbond substituents is 1. The number of aliphatic hydroxyl groups is 1. The first-order chi connectivity index (χ1) is 13.3. The van der Waals surface area contributed by atoms with Gasteiger partial charge in [-0.3, -0.25) is 9.59 Å². The van der Waals surface area contributed by atoms with Crippen molar-refractivity contribution in [1.82, 2.24) is 4.90 Å². The van der Waals surface area contributed by atoms with Crippen LogP contribution in [0.2, 0.25) is 0 Å². The third kappa shape index (κ3) is 3.10. The number of hydrogen-bond donors (Lipinski definition) is 2. The molecule has 2 aliphatic rings. The molecule has 2 N–H and O–H groups in total. The average molecular weight is 419 g/mol. The van der Waals surface area contributed by atoms with Gasteiger partial charge >= 0.3 is 0 Å². The molecule has 7 nitrogen and oxygen atoms in total. The van der Waals surface area contributed by atoms with Gasteiger partial charge in [-0.1, -0.05) is 18.2 Å². The molecular formula is C19H17NO6S2. The number of amides is 1. The Morgan fingerprint density at radius 3 is 2.57 bits per heavy atom. The summed E-state index contributed by atoms with van der Waals surface area (Å²) in [7, 11) is -3.29. The normalized spacial score (nSPS) is 24.1. The average Bonchev–Trinajstić information content (AvgIpc) is 3.34. The summed E-state index contributed by atoms with van der Waals surface area (Å²) >= 11 is 1.18. The van der Waals surface area contributed by atoms with Gasteiger partial charge in [0, 0.05) is 6.04 Å². The van der Waals surface area contributed by atoms with Gasteiger partial charge in [-0.25, -0.2) is 8.42 Å². The van der Waals surface area contributed by atoms with E-state index in [1.165, 1.54) is 28.4 Å². The molecule has 1 aromatic carbocycles. The van der Waals surface area contributed by atoms with Gasteiger partial charge in [-0.15, -0.1) is 11.3 Å². The first-order valence-corrected chi connectivity index (χ1v) is 11.3. The number of benzene rings is 1. The van der Waals surface area contributed by atoms with Crippen molar-refractivity contribution in [3.8, 4) is 5.75 Å². The minimum atomic E-state index is -3.29. The topological polar surface area (TPSA) is 112 Å². The molecule has 2 unspecified atom stereocenters. The monoisotopic (exact) mass is 419 g/mol. The van der Waals surface area contributed by atoms with E-state index < -0.39 is 39.4 Å². The van der Waals surface area contributed by atoms with Gasteiger partial charge in [-0.2, -0.15) is 0 Å². The van der Waals surface area contributed by atoms with E-state index in [2.05, 4.69) is 0 Å². The number of ketones is 1. The number of aliphatic hydroxyl groups excluding tert-OH is 1. The zero-order valence-electron chi connectivity index (χ0n) is 14.6. The smallest absolute Gasteiger partial charge is 0.290 e.